The molecule has 0 spiro atoms. The zero-order valence-electron chi connectivity index (χ0n) is 11.0. The highest BCUT2D eigenvalue weighted by Gasteiger charge is 2.41. The standard InChI is InChI=1S/C14H16FN3O/c1-14(2)9-17-11(7-8-16)13(19)18(14)12-6-4-3-5-10(12)15/h3-6,11,17H,7,9H2,1-2H3. The number of nitrogens with zero attached hydrogens (tertiary/aromatic N) is 2. The minimum atomic E-state index is -0.572. The number of anilines is 1. The van der Waals surface area contributed by atoms with Crippen LogP contribution >= 0.6 is 0 Å². The zero-order valence-corrected chi connectivity index (χ0v) is 11.0. The lowest BCUT2D eigenvalue weighted by Gasteiger charge is -2.45. The average molecular weight is 261 g/mol. The Morgan fingerprint density at radius 3 is 2.84 bits per heavy atom. The first-order valence-corrected chi connectivity index (χ1v) is 6.16. The molecule has 1 aliphatic heterocycles. The van der Waals surface area contributed by atoms with E-state index in [1.165, 1.54) is 11.0 Å². The van der Waals surface area contributed by atoms with Crippen LogP contribution in [0.15, 0.2) is 24.3 Å². The highest BCUT2D eigenvalue weighted by molar-refractivity contribution is 5.99. The zero-order chi connectivity index (χ0) is 14.0. The van der Waals surface area contributed by atoms with Gasteiger partial charge in [0.05, 0.1) is 23.7 Å². The van der Waals surface area contributed by atoms with E-state index in [4.69, 9.17) is 5.26 Å². The summed E-state index contributed by atoms with van der Waals surface area (Å²) in [6, 6.07) is 7.61. The largest absolute Gasteiger partial charge is 0.303 e. The molecule has 1 atom stereocenters. The van der Waals surface area contributed by atoms with Gasteiger partial charge in [-0.3, -0.25) is 4.79 Å². The van der Waals surface area contributed by atoms with E-state index in [1.54, 1.807) is 18.2 Å². The van der Waals surface area contributed by atoms with E-state index in [9.17, 15) is 9.18 Å². The van der Waals surface area contributed by atoms with Crippen LogP contribution in [-0.2, 0) is 4.79 Å². The van der Waals surface area contributed by atoms with Gasteiger partial charge in [-0.15, -0.1) is 0 Å². The Hall–Kier alpha value is -1.93. The first-order chi connectivity index (χ1) is 8.97. The fourth-order valence-corrected chi connectivity index (χ4v) is 2.32. The third kappa shape index (κ3) is 2.45. The minimum Gasteiger partial charge on any atom is -0.303 e. The summed E-state index contributed by atoms with van der Waals surface area (Å²) in [5.41, 5.74) is -0.271. The number of nitriles is 1. The maximum Gasteiger partial charge on any atom is 0.245 e. The van der Waals surface area contributed by atoms with Gasteiger partial charge in [-0.2, -0.15) is 5.26 Å². The average Bonchev–Trinajstić information content (AvgIpc) is 2.35. The van der Waals surface area contributed by atoms with Crippen molar-refractivity contribution in [3.63, 3.8) is 0 Å². The van der Waals surface area contributed by atoms with Gasteiger partial charge < -0.3 is 10.2 Å². The predicted octanol–water partition coefficient (Wildman–Crippen LogP) is 1.82. The van der Waals surface area contributed by atoms with Gasteiger partial charge in [-0.05, 0) is 26.0 Å². The second-order valence-electron chi connectivity index (χ2n) is 5.23. The topological polar surface area (TPSA) is 56.1 Å². The molecule has 1 saturated heterocycles. The summed E-state index contributed by atoms with van der Waals surface area (Å²) in [4.78, 5) is 13.9. The Morgan fingerprint density at radius 1 is 1.53 bits per heavy atom. The van der Waals surface area contributed by atoms with Crippen LogP contribution in [-0.4, -0.2) is 24.0 Å². The van der Waals surface area contributed by atoms with Crippen molar-refractivity contribution >= 4 is 11.6 Å². The molecule has 1 N–H and O–H groups in total. The third-order valence-electron chi connectivity index (χ3n) is 3.29. The van der Waals surface area contributed by atoms with Crippen molar-refractivity contribution in [1.29, 1.82) is 5.26 Å². The molecule has 2 rings (SSSR count). The maximum atomic E-state index is 13.9. The Labute approximate surface area is 111 Å². The summed E-state index contributed by atoms with van der Waals surface area (Å²) in [5, 5.41) is 11.8. The van der Waals surface area contributed by atoms with E-state index in [0.717, 1.165) is 0 Å². The van der Waals surface area contributed by atoms with Crippen LogP contribution in [0.3, 0.4) is 0 Å². The van der Waals surface area contributed by atoms with Gasteiger partial charge >= 0.3 is 0 Å². The summed E-state index contributed by atoms with van der Waals surface area (Å²) in [6.07, 6.45) is 0.0832. The Bertz CT molecular complexity index is 536. The van der Waals surface area contributed by atoms with E-state index in [1.807, 2.05) is 19.9 Å². The molecule has 1 heterocycles. The third-order valence-corrected chi connectivity index (χ3v) is 3.29. The number of nitrogens with one attached hydrogen (secondary N) is 1. The number of carbonyl (C=O) groups is 1. The van der Waals surface area contributed by atoms with Crippen molar-refractivity contribution in [3.8, 4) is 6.07 Å². The maximum absolute atomic E-state index is 13.9. The minimum absolute atomic E-state index is 0.0832. The lowest BCUT2D eigenvalue weighted by atomic mass is 9.94. The number of carbonyl (C=O) groups excluding carboxylic acids is 1. The molecule has 0 saturated carbocycles. The Morgan fingerprint density at radius 2 is 2.21 bits per heavy atom. The summed E-state index contributed by atoms with van der Waals surface area (Å²) in [5.74, 6) is -0.690. The Balaban J connectivity index is 2.42. The fourth-order valence-electron chi connectivity index (χ4n) is 2.32. The number of para-hydroxylation sites is 1. The number of halogens is 1. The molecule has 5 heteroatoms. The van der Waals surface area contributed by atoms with Crippen molar-refractivity contribution in [2.45, 2.75) is 31.8 Å². The summed E-state index contributed by atoms with van der Waals surface area (Å²) in [6.45, 7) is 4.25. The van der Waals surface area contributed by atoms with E-state index >= 15 is 0 Å². The van der Waals surface area contributed by atoms with Crippen LogP contribution in [0.25, 0.3) is 0 Å². The summed E-state index contributed by atoms with van der Waals surface area (Å²) in [7, 11) is 0. The van der Waals surface area contributed by atoms with Crippen LogP contribution in [0, 0.1) is 17.1 Å². The van der Waals surface area contributed by atoms with Crippen LogP contribution in [0.5, 0.6) is 0 Å². The van der Waals surface area contributed by atoms with E-state index in [-0.39, 0.29) is 18.0 Å². The molecule has 1 aromatic rings. The van der Waals surface area contributed by atoms with Crippen LogP contribution in [0.1, 0.15) is 20.3 Å². The number of benzene rings is 1. The van der Waals surface area contributed by atoms with E-state index in [0.29, 0.717) is 6.54 Å². The molecule has 1 fully saturated rings. The van der Waals surface area contributed by atoms with Crippen LogP contribution < -0.4 is 10.2 Å². The molecule has 0 radical (unpaired) electrons. The summed E-state index contributed by atoms with van der Waals surface area (Å²) < 4.78 is 13.9. The molecule has 1 unspecified atom stereocenters. The number of piperazine rings is 1. The molecule has 0 bridgehead atoms. The highest BCUT2D eigenvalue weighted by Crippen LogP contribution is 2.30. The normalized spacial score (nSPS) is 22.1. The molecule has 19 heavy (non-hydrogen) atoms. The lowest BCUT2D eigenvalue weighted by molar-refractivity contribution is -0.123. The van der Waals surface area contributed by atoms with Crippen molar-refractivity contribution in [1.82, 2.24) is 5.32 Å². The van der Waals surface area contributed by atoms with Crippen molar-refractivity contribution in [2.24, 2.45) is 0 Å². The summed E-state index contributed by atoms with van der Waals surface area (Å²) >= 11 is 0. The predicted molar refractivity (Wildman–Crippen MR) is 70.0 cm³/mol. The first kappa shape index (κ1) is 13.5. The van der Waals surface area contributed by atoms with Gasteiger partial charge in [0.1, 0.15) is 11.9 Å². The molecule has 1 aromatic carbocycles. The van der Waals surface area contributed by atoms with Gasteiger partial charge in [-0.25, -0.2) is 4.39 Å². The highest BCUT2D eigenvalue weighted by atomic mass is 19.1. The van der Waals surface area contributed by atoms with Gasteiger partial charge in [0, 0.05) is 6.54 Å². The number of rotatable bonds is 2. The second kappa shape index (κ2) is 4.98. The SMILES string of the molecule is CC1(C)CNC(CC#N)C(=O)N1c1ccccc1F. The second-order valence-corrected chi connectivity index (χ2v) is 5.23. The number of hydrogen-bond acceptors (Lipinski definition) is 3. The first-order valence-electron chi connectivity index (χ1n) is 6.16. The Kier molecular flexibility index (Phi) is 3.54. The van der Waals surface area contributed by atoms with Gasteiger partial charge in [0.25, 0.3) is 0 Å². The quantitative estimate of drug-likeness (QED) is 0.883. The molecular formula is C14H16FN3O. The molecule has 1 amide bonds. The molecule has 4 nitrogen and oxygen atoms in total. The van der Waals surface area contributed by atoms with Gasteiger partial charge in [0.2, 0.25) is 5.91 Å². The van der Waals surface area contributed by atoms with Crippen LogP contribution in [0.4, 0.5) is 10.1 Å². The van der Waals surface area contributed by atoms with Crippen molar-refractivity contribution < 1.29 is 9.18 Å². The van der Waals surface area contributed by atoms with Gasteiger partial charge in [0.15, 0.2) is 0 Å². The smallest absolute Gasteiger partial charge is 0.245 e. The van der Waals surface area contributed by atoms with Crippen molar-refractivity contribution in [2.75, 3.05) is 11.4 Å². The molecule has 1 aliphatic rings. The monoisotopic (exact) mass is 261 g/mol. The lowest BCUT2D eigenvalue weighted by Crippen LogP contribution is -2.65. The molecule has 100 valence electrons. The fraction of sp³-hybridized carbons (Fsp3) is 0.429. The van der Waals surface area contributed by atoms with E-state index < -0.39 is 17.4 Å². The van der Waals surface area contributed by atoms with Crippen LogP contribution in [0.2, 0.25) is 0 Å². The number of amides is 1. The molecular weight excluding hydrogens is 245 g/mol. The van der Waals surface area contributed by atoms with Gasteiger partial charge in [-0.1, -0.05) is 12.1 Å². The van der Waals surface area contributed by atoms with Crippen molar-refractivity contribution in [3.05, 3.63) is 30.1 Å². The molecule has 0 aliphatic carbocycles. The van der Waals surface area contributed by atoms with E-state index in [2.05, 4.69) is 5.32 Å². The number of hydrogen-bond donors (Lipinski definition) is 1. The molecule has 0 aromatic heterocycles.